The quantitative estimate of drug-likeness (QED) is 0.842. The zero-order valence-corrected chi connectivity index (χ0v) is 9.56. The van der Waals surface area contributed by atoms with E-state index >= 15 is 0 Å². The zero-order chi connectivity index (χ0) is 13.0. The molecule has 0 aliphatic carbocycles. The number of nitrogens with two attached hydrogens (primary N) is 1. The molecule has 0 aromatic heterocycles. The number of anilines is 1. The summed E-state index contributed by atoms with van der Waals surface area (Å²) in [7, 11) is 0. The number of nitrogen functional groups attached to an aromatic ring is 1. The summed E-state index contributed by atoms with van der Waals surface area (Å²) in [6.45, 7) is 0.0752. The molecule has 0 aliphatic rings. The van der Waals surface area contributed by atoms with Crippen LogP contribution in [-0.2, 0) is 6.61 Å². The van der Waals surface area contributed by atoms with Crippen LogP contribution in [0.4, 0.5) is 10.1 Å². The lowest BCUT2D eigenvalue weighted by Gasteiger charge is -2.09. The van der Waals surface area contributed by atoms with E-state index in [1.54, 1.807) is 30.3 Å². The van der Waals surface area contributed by atoms with Crippen LogP contribution in [0.2, 0.25) is 0 Å². The predicted octanol–water partition coefficient (Wildman–Crippen LogP) is 2.86. The number of benzene rings is 2. The molecule has 0 saturated heterocycles. The lowest BCUT2D eigenvalue weighted by molar-refractivity contribution is 0.301. The van der Waals surface area contributed by atoms with Gasteiger partial charge >= 0.3 is 0 Å². The van der Waals surface area contributed by atoms with Gasteiger partial charge < -0.3 is 10.5 Å². The van der Waals surface area contributed by atoms with Crippen molar-refractivity contribution in [1.29, 1.82) is 5.26 Å². The second-order valence-corrected chi connectivity index (χ2v) is 3.74. The summed E-state index contributed by atoms with van der Waals surface area (Å²) in [6.07, 6.45) is 0. The minimum atomic E-state index is -0.326. The fourth-order valence-corrected chi connectivity index (χ4v) is 1.50. The third kappa shape index (κ3) is 2.58. The van der Waals surface area contributed by atoms with Gasteiger partial charge in [-0.1, -0.05) is 18.2 Å². The minimum absolute atomic E-state index is 0.0752. The van der Waals surface area contributed by atoms with E-state index in [-0.39, 0.29) is 12.4 Å². The predicted molar refractivity (Wildman–Crippen MR) is 66.3 cm³/mol. The topological polar surface area (TPSA) is 59.0 Å². The lowest BCUT2D eigenvalue weighted by Crippen LogP contribution is -2.01. The van der Waals surface area contributed by atoms with Crippen LogP contribution in [0.15, 0.2) is 42.5 Å². The van der Waals surface area contributed by atoms with E-state index in [1.807, 2.05) is 6.07 Å². The first kappa shape index (κ1) is 11.9. The van der Waals surface area contributed by atoms with Crippen molar-refractivity contribution in [2.75, 3.05) is 5.73 Å². The fraction of sp³-hybridized carbons (Fsp3) is 0.0714. The zero-order valence-electron chi connectivity index (χ0n) is 9.56. The van der Waals surface area contributed by atoms with Crippen LogP contribution in [0.5, 0.6) is 5.75 Å². The van der Waals surface area contributed by atoms with E-state index in [0.717, 1.165) is 0 Å². The highest BCUT2D eigenvalue weighted by molar-refractivity contribution is 5.56. The molecular weight excluding hydrogens is 231 g/mol. The fourth-order valence-electron chi connectivity index (χ4n) is 1.50. The molecule has 90 valence electrons. The monoisotopic (exact) mass is 242 g/mol. The van der Waals surface area contributed by atoms with Gasteiger partial charge in [0.25, 0.3) is 0 Å². The summed E-state index contributed by atoms with van der Waals surface area (Å²) >= 11 is 0. The van der Waals surface area contributed by atoms with Gasteiger partial charge in [-0.25, -0.2) is 4.39 Å². The maximum atomic E-state index is 13.4. The van der Waals surface area contributed by atoms with Crippen LogP contribution in [0.3, 0.4) is 0 Å². The molecule has 2 aromatic rings. The average Bonchev–Trinajstić information content (AvgIpc) is 2.39. The van der Waals surface area contributed by atoms with E-state index in [2.05, 4.69) is 0 Å². The summed E-state index contributed by atoms with van der Waals surface area (Å²) in [5.74, 6) is 0.0600. The third-order valence-corrected chi connectivity index (χ3v) is 2.48. The number of hydrogen-bond acceptors (Lipinski definition) is 3. The molecule has 18 heavy (non-hydrogen) atoms. The Bertz CT molecular complexity index is 605. The van der Waals surface area contributed by atoms with Crippen molar-refractivity contribution < 1.29 is 9.13 Å². The second-order valence-electron chi connectivity index (χ2n) is 3.74. The van der Waals surface area contributed by atoms with E-state index in [4.69, 9.17) is 15.7 Å². The molecule has 0 radical (unpaired) electrons. The van der Waals surface area contributed by atoms with E-state index in [9.17, 15) is 4.39 Å². The van der Waals surface area contributed by atoms with Crippen LogP contribution in [0.1, 0.15) is 11.1 Å². The van der Waals surface area contributed by atoms with Crippen molar-refractivity contribution in [3.05, 3.63) is 59.4 Å². The number of ether oxygens (including phenoxy) is 1. The molecule has 0 heterocycles. The lowest BCUT2D eigenvalue weighted by atomic mass is 10.2. The molecule has 0 fully saturated rings. The molecule has 2 aromatic carbocycles. The Hall–Kier alpha value is -2.54. The van der Waals surface area contributed by atoms with Crippen molar-refractivity contribution in [3.63, 3.8) is 0 Å². The molecule has 0 amide bonds. The summed E-state index contributed by atoms with van der Waals surface area (Å²) in [4.78, 5) is 0. The molecule has 0 aliphatic heterocycles. The summed E-state index contributed by atoms with van der Waals surface area (Å²) < 4.78 is 18.8. The van der Waals surface area contributed by atoms with Gasteiger partial charge in [-0.3, -0.25) is 0 Å². The first-order valence-corrected chi connectivity index (χ1v) is 5.36. The van der Waals surface area contributed by atoms with E-state index in [0.29, 0.717) is 22.6 Å². The number of rotatable bonds is 3. The summed E-state index contributed by atoms with van der Waals surface area (Å²) in [6, 6.07) is 13.1. The van der Waals surface area contributed by atoms with Crippen LogP contribution in [0, 0.1) is 17.1 Å². The first-order chi connectivity index (χ1) is 8.70. The number of hydrogen-bond donors (Lipinski definition) is 1. The van der Waals surface area contributed by atoms with Gasteiger partial charge in [-0.05, 0) is 18.2 Å². The van der Waals surface area contributed by atoms with Crippen LogP contribution < -0.4 is 10.5 Å². The van der Waals surface area contributed by atoms with Gasteiger partial charge in [0.15, 0.2) is 0 Å². The third-order valence-electron chi connectivity index (χ3n) is 2.48. The number of nitriles is 1. The highest BCUT2D eigenvalue weighted by atomic mass is 19.1. The largest absolute Gasteiger partial charge is 0.487 e. The molecule has 3 nitrogen and oxygen atoms in total. The van der Waals surface area contributed by atoms with Crippen molar-refractivity contribution >= 4 is 5.69 Å². The molecule has 0 unspecified atom stereocenters. The Morgan fingerprint density at radius 2 is 2.00 bits per heavy atom. The van der Waals surface area contributed by atoms with Crippen molar-refractivity contribution in [1.82, 2.24) is 0 Å². The normalized spacial score (nSPS) is 9.78. The molecule has 0 bridgehead atoms. The maximum Gasteiger partial charge on any atom is 0.144 e. The van der Waals surface area contributed by atoms with Gasteiger partial charge in [0.1, 0.15) is 18.2 Å². The SMILES string of the molecule is N#Cc1ccc(N)c(OCc2ccccc2F)c1. The smallest absolute Gasteiger partial charge is 0.144 e. The maximum absolute atomic E-state index is 13.4. The number of nitrogens with zero attached hydrogens (tertiary/aromatic N) is 1. The Morgan fingerprint density at radius 1 is 1.22 bits per heavy atom. The molecule has 0 saturated carbocycles. The Morgan fingerprint density at radius 3 is 2.72 bits per heavy atom. The summed E-state index contributed by atoms with van der Waals surface area (Å²) in [5, 5.41) is 8.78. The van der Waals surface area contributed by atoms with Gasteiger partial charge in [0.05, 0.1) is 17.3 Å². The van der Waals surface area contributed by atoms with Gasteiger partial charge in [-0.15, -0.1) is 0 Å². The van der Waals surface area contributed by atoms with Crippen molar-refractivity contribution in [2.45, 2.75) is 6.61 Å². The van der Waals surface area contributed by atoms with E-state index in [1.165, 1.54) is 12.1 Å². The molecule has 4 heteroatoms. The molecule has 0 spiro atoms. The van der Waals surface area contributed by atoms with Crippen molar-refractivity contribution in [2.24, 2.45) is 0 Å². The molecule has 2 rings (SSSR count). The highest BCUT2D eigenvalue weighted by Gasteiger charge is 2.05. The van der Waals surface area contributed by atoms with Crippen LogP contribution >= 0.6 is 0 Å². The van der Waals surface area contributed by atoms with E-state index < -0.39 is 0 Å². The molecule has 0 atom stereocenters. The Kier molecular flexibility index (Phi) is 3.44. The average molecular weight is 242 g/mol. The molecular formula is C14H11FN2O. The van der Waals surface area contributed by atoms with Crippen molar-refractivity contribution in [3.8, 4) is 11.8 Å². The summed E-state index contributed by atoms with van der Waals surface area (Å²) in [5.41, 5.74) is 7.04. The number of halogens is 1. The minimum Gasteiger partial charge on any atom is -0.487 e. The molecule has 2 N–H and O–H groups in total. The standard InChI is InChI=1S/C14H11FN2O/c15-12-4-2-1-3-11(12)9-18-14-7-10(8-16)5-6-13(14)17/h1-7H,9,17H2. The first-order valence-electron chi connectivity index (χ1n) is 5.36. The Balaban J connectivity index is 2.16. The van der Waals surface area contributed by atoms with Gasteiger partial charge in [0, 0.05) is 11.6 Å². The second kappa shape index (κ2) is 5.19. The van der Waals surface area contributed by atoms with Gasteiger partial charge in [-0.2, -0.15) is 5.26 Å². The highest BCUT2D eigenvalue weighted by Crippen LogP contribution is 2.23. The van der Waals surface area contributed by atoms with Crippen LogP contribution in [-0.4, -0.2) is 0 Å². The Labute approximate surface area is 104 Å². The van der Waals surface area contributed by atoms with Crippen LogP contribution in [0.25, 0.3) is 0 Å². The van der Waals surface area contributed by atoms with Gasteiger partial charge in [0.2, 0.25) is 0 Å².